The predicted octanol–water partition coefficient (Wildman–Crippen LogP) is 1.44. The first-order valence-electron chi connectivity index (χ1n) is 4.33. The lowest BCUT2D eigenvalue weighted by atomic mass is 10.1. The predicted molar refractivity (Wildman–Crippen MR) is 43.7 cm³/mol. The lowest BCUT2D eigenvalue weighted by Crippen LogP contribution is -2.07. The lowest BCUT2D eigenvalue weighted by Gasteiger charge is -2.03. The zero-order valence-corrected chi connectivity index (χ0v) is 7.21. The fourth-order valence-corrected chi connectivity index (χ4v) is 1.29. The second-order valence-corrected chi connectivity index (χ2v) is 3.65. The monoisotopic (exact) mass is 167 g/mol. The van der Waals surface area contributed by atoms with E-state index in [4.69, 9.17) is 4.52 Å². The first kappa shape index (κ1) is 7.80. The van der Waals surface area contributed by atoms with Crippen molar-refractivity contribution < 1.29 is 9.63 Å². The summed E-state index contributed by atoms with van der Waals surface area (Å²) in [7, 11) is 0. The van der Waals surface area contributed by atoms with Crippen molar-refractivity contribution in [3.8, 4) is 0 Å². The zero-order valence-electron chi connectivity index (χ0n) is 7.21. The van der Waals surface area contributed by atoms with Gasteiger partial charge in [-0.25, -0.2) is 0 Å². The average molecular weight is 167 g/mol. The normalized spacial score (nSPS) is 19.5. The smallest absolute Gasteiger partial charge is 0.133 e. The van der Waals surface area contributed by atoms with Crippen molar-refractivity contribution in [2.45, 2.75) is 38.2 Å². The molecule has 0 radical (unpaired) electrons. The summed E-state index contributed by atoms with van der Waals surface area (Å²) in [6.45, 7) is 1.88. The van der Waals surface area contributed by atoms with E-state index >= 15 is 0 Å². The van der Waals surface area contributed by atoms with Crippen LogP contribution in [0.5, 0.6) is 0 Å². The molecule has 1 aliphatic carbocycles. The van der Waals surface area contributed by atoms with E-state index in [2.05, 4.69) is 5.16 Å². The number of hydrogen-bond acceptors (Lipinski definition) is 3. The van der Waals surface area contributed by atoms with E-state index < -0.39 is 0 Å². The third kappa shape index (κ3) is 1.67. The van der Waals surface area contributed by atoms with E-state index in [1.54, 1.807) is 0 Å². The third-order valence-corrected chi connectivity index (χ3v) is 2.35. The molecule has 0 unspecified atom stereocenters. The highest BCUT2D eigenvalue weighted by Gasteiger charge is 2.39. The van der Waals surface area contributed by atoms with Crippen LogP contribution in [0.25, 0.3) is 0 Å². The molecular weight excluding hydrogens is 154 g/mol. The topological polar surface area (TPSA) is 46.3 Å². The molecule has 0 aromatic carbocycles. The molecule has 0 bridgehead atoms. The summed E-state index contributed by atoms with van der Waals surface area (Å²) in [6.07, 6.45) is 3.54. The maximum Gasteiger partial charge on any atom is 0.133 e. The minimum atomic E-state index is -0.368. The quantitative estimate of drug-likeness (QED) is 0.741. The minimum Gasteiger partial charge on any atom is -0.390 e. The van der Waals surface area contributed by atoms with Gasteiger partial charge in [0.05, 0.1) is 11.3 Å². The van der Waals surface area contributed by atoms with E-state index in [0.717, 1.165) is 37.1 Å². The van der Waals surface area contributed by atoms with Crippen LogP contribution < -0.4 is 0 Å². The molecule has 66 valence electrons. The van der Waals surface area contributed by atoms with Crippen molar-refractivity contribution in [1.29, 1.82) is 0 Å². The molecule has 2 rings (SSSR count). The molecule has 3 heteroatoms. The summed E-state index contributed by atoms with van der Waals surface area (Å²) in [5, 5.41) is 13.4. The summed E-state index contributed by atoms with van der Waals surface area (Å²) in [6, 6.07) is 1.92. The molecule has 0 saturated heterocycles. The van der Waals surface area contributed by atoms with Crippen LogP contribution in [-0.4, -0.2) is 15.9 Å². The molecule has 1 saturated carbocycles. The minimum absolute atomic E-state index is 0.368. The molecule has 1 N–H and O–H groups in total. The highest BCUT2D eigenvalue weighted by molar-refractivity contribution is 5.06. The Morgan fingerprint density at radius 1 is 1.67 bits per heavy atom. The van der Waals surface area contributed by atoms with Crippen LogP contribution in [0, 0.1) is 6.92 Å². The van der Waals surface area contributed by atoms with E-state index in [-0.39, 0.29) is 5.60 Å². The summed E-state index contributed by atoms with van der Waals surface area (Å²) in [5.41, 5.74) is 0.583. The summed E-state index contributed by atoms with van der Waals surface area (Å²) in [4.78, 5) is 0. The number of aryl methyl sites for hydroxylation is 2. The van der Waals surface area contributed by atoms with Gasteiger partial charge in [-0.15, -0.1) is 0 Å². The molecule has 0 aliphatic heterocycles. The van der Waals surface area contributed by atoms with Gasteiger partial charge in [-0.1, -0.05) is 5.16 Å². The highest BCUT2D eigenvalue weighted by atomic mass is 16.5. The van der Waals surface area contributed by atoms with Gasteiger partial charge in [-0.3, -0.25) is 0 Å². The van der Waals surface area contributed by atoms with Crippen LogP contribution in [0.4, 0.5) is 0 Å². The van der Waals surface area contributed by atoms with Gasteiger partial charge in [0.15, 0.2) is 0 Å². The summed E-state index contributed by atoms with van der Waals surface area (Å²) >= 11 is 0. The van der Waals surface area contributed by atoms with Crippen LogP contribution >= 0.6 is 0 Å². The van der Waals surface area contributed by atoms with E-state index in [9.17, 15) is 5.11 Å². The molecular formula is C9H13NO2. The molecule has 1 aliphatic rings. The maximum absolute atomic E-state index is 9.54. The highest BCUT2D eigenvalue weighted by Crippen LogP contribution is 2.39. The Hall–Kier alpha value is -0.830. The third-order valence-electron chi connectivity index (χ3n) is 2.35. The van der Waals surface area contributed by atoms with Crippen LogP contribution in [0.3, 0.4) is 0 Å². The van der Waals surface area contributed by atoms with Gasteiger partial charge in [0.25, 0.3) is 0 Å². The number of nitrogens with zero attached hydrogens (tertiary/aromatic N) is 1. The Morgan fingerprint density at radius 2 is 2.42 bits per heavy atom. The van der Waals surface area contributed by atoms with Crippen molar-refractivity contribution in [2.24, 2.45) is 0 Å². The number of aromatic nitrogens is 1. The molecule has 0 atom stereocenters. The SMILES string of the molecule is Cc1cc(CCC2(O)CC2)no1. The van der Waals surface area contributed by atoms with Crippen LogP contribution in [0.1, 0.15) is 30.7 Å². The Bertz CT molecular complexity index is 276. The molecule has 1 fully saturated rings. The Balaban J connectivity index is 1.87. The van der Waals surface area contributed by atoms with Gasteiger partial charge >= 0.3 is 0 Å². The fraction of sp³-hybridized carbons (Fsp3) is 0.667. The van der Waals surface area contributed by atoms with Crippen molar-refractivity contribution in [1.82, 2.24) is 5.16 Å². The van der Waals surface area contributed by atoms with Crippen molar-refractivity contribution in [3.05, 3.63) is 17.5 Å². The maximum atomic E-state index is 9.54. The Labute approximate surface area is 71.4 Å². The standard InChI is InChI=1S/C9H13NO2/c1-7-6-8(10-12-7)2-3-9(11)4-5-9/h6,11H,2-5H2,1H3. The first-order chi connectivity index (χ1) is 5.68. The Morgan fingerprint density at radius 3 is 2.92 bits per heavy atom. The van der Waals surface area contributed by atoms with Gasteiger partial charge in [-0.2, -0.15) is 0 Å². The van der Waals surface area contributed by atoms with Crippen molar-refractivity contribution in [3.63, 3.8) is 0 Å². The van der Waals surface area contributed by atoms with Crippen LogP contribution in [-0.2, 0) is 6.42 Å². The van der Waals surface area contributed by atoms with Gasteiger partial charge < -0.3 is 9.63 Å². The number of rotatable bonds is 3. The largest absolute Gasteiger partial charge is 0.390 e. The zero-order chi connectivity index (χ0) is 8.60. The molecule has 12 heavy (non-hydrogen) atoms. The average Bonchev–Trinajstić information content (AvgIpc) is 2.60. The summed E-state index contributed by atoms with van der Waals surface area (Å²) in [5.74, 6) is 0.841. The second kappa shape index (κ2) is 2.59. The number of hydrogen-bond donors (Lipinski definition) is 1. The van der Waals surface area contributed by atoms with Gasteiger partial charge in [-0.05, 0) is 32.6 Å². The molecule has 1 heterocycles. The molecule has 1 aromatic heterocycles. The van der Waals surface area contributed by atoms with E-state index in [1.165, 1.54) is 0 Å². The molecule has 1 aromatic rings. The van der Waals surface area contributed by atoms with E-state index in [1.807, 2.05) is 13.0 Å². The first-order valence-corrected chi connectivity index (χ1v) is 4.33. The fourth-order valence-electron chi connectivity index (χ4n) is 1.29. The van der Waals surface area contributed by atoms with Gasteiger partial charge in [0.2, 0.25) is 0 Å². The molecule has 3 nitrogen and oxygen atoms in total. The Kier molecular flexibility index (Phi) is 1.68. The lowest BCUT2D eigenvalue weighted by molar-refractivity contribution is 0.140. The van der Waals surface area contributed by atoms with Crippen molar-refractivity contribution in [2.75, 3.05) is 0 Å². The van der Waals surface area contributed by atoms with E-state index in [0.29, 0.717) is 0 Å². The second-order valence-electron chi connectivity index (χ2n) is 3.65. The summed E-state index contributed by atoms with van der Waals surface area (Å²) < 4.78 is 4.92. The number of aliphatic hydroxyl groups is 1. The van der Waals surface area contributed by atoms with Crippen LogP contribution in [0.15, 0.2) is 10.6 Å². The van der Waals surface area contributed by atoms with Crippen molar-refractivity contribution >= 4 is 0 Å². The van der Waals surface area contributed by atoms with Gasteiger partial charge in [0.1, 0.15) is 5.76 Å². The molecule has 0 amide bonds. The van der Waals surface area contributed by atoms with Crippen LogP contribution in [0.2, 0.25) is 0 Å². The molecule has 0 spiro atoms. The van der Waals surface area contributed by atoms with Gasteiger partial charge in [0, 0.05) is 6.07 Å².